The van der Waals surface area contributed by atoms with E-state index in [-0.39, 0.29) is 5.41 Å². The van der Waals surface area contributed by atoms with Crippen LogP contribution in [0.1, 0.15) is 37.7 Å². The Morgan fingerprint density at radius 3 is 2.56 bits per heavy atom. The third kappa shape index (κ3) is 7.53. The average Bonchev–Trinajstić information content (AvgIpc) is 3.33. The van der Waals surface area contributed by atoms with Crippen molar-refractivity contribution >= 4 is 23.5 Å². The zero-order chi connectivity index (χ0) is 25.4. The summed E-state index contributed by atoms with van der Waals surface area (Å²) < 4.78 is 5.30. The number of amides is 2. The van der Waals surface area contributed by atoms with Gasteiger partial charge in [-0.25, -0.2) is 14.8 Å². The topological polar surface area (TPSA) is 120 Å². The Hall–Kier alpha value is -3.94. The number of aromatic nitrogens is 3. The lowest BCUT2D eigenvalue weighted by molar-refractivity contribution is 0.249. The summed E-state index contributed by atoms with van der Waals surface area (Å²) in [5.74, 6) is 7.79. The molecule has 4 rings (SSSR count). The molecule has 0 bridgehead atoms. The van der Waals surface area contributed by atoms with Crippen molar-refractivity contribution in [1.29, 1.82) is 0 Å². The Morgan fingerprint density at radius 2 is 1.83 bits per heavy atom. The fourth-order valence-electron chi connectivity index (χ4n) is 3.53. The van der Waals surface area contributed by atoms with Gasteiger partial charge in [0.05, 0.1) is 5.56 Å². The zero-order valence-corrected chi connectivity index (χ0v) is 20.9. The zero-order valence-electron chi connectivity index (χ0n) is 20.9. The van der Waals surface area contributed by atoms with Gasteiger partial charge >= 0.3 is 6.03 Å². The van der Waals surface area contributed by atoms with Crippen molar-refractivity contribution in [3.8, 4) is 11.8 Å². The molecular formula is C26H32N8O2. The molecule has 1 aliphatic rings. The first-order valence-corrected chi connectivity index (χ1v) is 12.0. The SMILES string of the molecule is CC(C)(C)c1cc(NC(=O)Nc2cccc(C#Cc3cnc(NCCN4CCNCC4)nc3)c2)no1. The Labute approximate surface area is 211 Å². The van der Waals surface area contributed by atoms with Crippen LogP contribution in [-0.4, -0.2) is 65.3 Å². The monoisotopic (exact) mass is 488 g/mol. The van der Waals surface area contributed by atoms with Crippen LogP contribution in [0.5, 0.6) is 0 Å². The van der Waals surface area contributed by atoms with E-state index in [1.165, 1.54) is 0 Å². The second-order valence-corrected chi connectivity index (χ2v) is 9.55. The molecule has 0 unspecified atom stereocenters. The van der Waals surface area contributed by atoms with E-state index in [1.54, 1.807) is 30.6 Å². The number of hydrogen-bond donors (Lipinski definition) is 4. The van der Waals surface area contributed by atoms with E-state index in [2.05, 4.69) is 53.1 Å². The smallest absolute Gasteiger partial charge is 0.324 e. The van der Waals surface area contributed by atoms with E-state index in [4.69, 9.17) is 4.52 Å². The molecule has 0 radical (unpaired) electrons. The molecule has 4 N–H and O–H groups in total. The lowest BCUT2D eigenvalue weighted by Crippen LogP contribution is -2.45. The number of piperazine rings is 1. The van der Waals surface area contributed by atoms with Gasteiger partial charge in [0.25, 0.3) is 0 Å². The van der Waals surface area contributed by atoms with Gasteiger partial charge in [-0.3, -0.25) is 10.2 Å². The molecular weight excluding hydrogens is 456 g/mol. The minimum absolute atomic E-state index is 0.191. The molecule has 1 aromatic carbocycles. The third-order valence-corrected chi connectivity index (χ3v) is 5.54. The maximum Gasteiger partial charge on any atom is 0.324 e. The quantitative estimate of drug-likeness (QED) is 0.391. The summed E-state index contributed by atoms with van der Waals surface area (Å²) >= 11 is 0. The van der Waals surface area contributed by atoms with Crippen molar-refractivity contribution in [2.45, 2.75) is 26.2 Å². The van der Waals surface area contributed by atoms with Gasteiger partial charge in [-0.1, -0.05) is 43.8 Å². The highest BCUT2D eigenvalue weighted by Crippen LogP contribution is 2.24. The number of urea groups is 1. The van der Waals surface area contributed by atoms with Gasteiger partial charge in [-0.05, 0) is 18.2 Å². The average molecular weight is 489 g/mol. The van der Waals surface area contributed by atoms with Gasteiger partial charge < -0.3 is 20.5 Å². The Morgan fingerprint density at radius 1 is 1.08 bits per heavy atom. The summed E-state index contributed by atoms with van der Waals surface area (Å²) in [5.41, 5.74) is 1.88. The summed E-state index contributed by atoms with van der Waals surface area (Å²) in [6.45, 7) is 12.0. The molecule has 3 aromatic rings. The number of anilines is 3. The number of carbonyl (C=O) groups is 1. The van der Waals surface area contributed by atoms with Crippen molar-refractivity contribution < 1.29 is 9.32 Å². The lowest BCUT2D eigenvalue weighted by Gasteiger charge is -2.27. The molecule has 1 saturated heterocycles. The van der Waals surface area contributed by atoms with Crippen LogP contribution in [0.2, 0.25) is 0 Å². The molecule has 2 aromatic heterocycles. The molecule has 2 amide bonds. The Kier molecular flexibility index (Phi) is 8.15. The number of nitrogens with zero attached hydrogens (tertiary/aromatic N) is 4. The Balaban J connectivity index is 1.28. The molecule has 0 saturated carbocycles. The van der Waals surface area contributed by atoms with Crippen molar-refractivity contribution in [2.24, 2.45) is 0 Å². The summed E-state index contributed by atoms with van der Waals surface area (Å²) in [5, 5.41) is 16.0. The number of hydrogen-bond acceptors (Lipinski definition) is 8. The Bertz CT molecular complexity index is 1210. The molecule has 10 heteroatoms. The van der Waals surface area contributed by atoms with Crippen LogP contribution in [0.15, 0.2) is 47.2 Å². The van der Waals surface area contributed by atoms with Gasteiger partial charge in [-0.15, -0.1) is 0 Å². The fourth-order valence-corrected chi connectivity index (χ4v) is 3.53. The molecule has 10 nitrogen and oxygen atoms in total. The van der Waals surface area contributed by atoms with Gasteiger partial charge in [0.2, 0.25) is 5.95 Å². The van der Waals surface area contributed by atoms with E-state index in [0.717, 1.165) is 44.8 Å². The van der Waals surface area contributed by atoms with E-state index in [0.29, 0.717) is 28.8 Å². The van der Waals surface area contributed by atoms with Gasteiger partial charge in [-0.2, -0.15) is 0 Å². The molecule has 36 heavy (non-hydrogen) atoms. The van der Waals surface area contributed by atoms with Crippen LogP contribution < -0.4 is 21.3 Å². The standard InChI is InChI=1S/C26H32N8O2/c1-26(2,3)22-16-23(33-36-22)32-25(35)31-21-6-4-5-19(15-21)7-8-20-17-29-24(30-18-20)28-11-14-34-12-9-27-10-13-34/h4-6,15-18,27H,9-14H2,1-3H3,(H,28,29,30)(H2,31,32,33,35). The molecule has 0 atom stereocenters. The molecule has 1 fully saturated rings. The number of rotatable bonds is 6. The highest BCUT2D eigenvalue weighted by Gasteiger charge is 2.20. The molecule has 0 spiro atoms. The predicted octanol–water partition coefficient (Wildman–Crippen LogP) is 3.12. The normalized spacial score (nSPS) is 14.0. The van der Waals surface area contributed by atoms with Crippen LogP contribution in [-0.2, 0) is 5.41 Å². The fraction of sp³-hybridized carbons (Fsp3) is 0.385. The van der Waals surface area contributed by atoms with Crippen molar-refractivity contribution in [3.05, 3.63) is 59.6 Å². The van der Waals surface area contributed by atoms with Crippen molar-refractivity contribution in [3.63, 3.8) is 0 Å². The van der Waals surface area contributed by atoms with Crippen LogP contribution in [0, 0.1) is 11.8 Å². The summed E-state index contributed by atoms with van der Waals surface area (Å²) in [4.78, 5) is 23.5. The van der Waals surface area contributed by atoms with Crippen molar-refractivity contribution in [1.82, 2.24) is 25.3 Å². The maximum absolute atomic E-state index is 12.4. The predicted molar refractivity (Wildman–Crippen MR) is 140 cm³/mol. The van der Waals surface area contributed by atoms with Gasteiger partial charge in [0.15, 0.2) is 5.82 Å². The summed E-state index contributed by atoms with van der Waals surface area (Å²) in [6, 6.07) is 8.59. The minimum Gasteiger partial charge on any atom is -0.359 e. The number of carbonyl (C=O) groups excluding carboxylic acids is 1. The lowest BCUT2D eigenvalue weighted by atomic mass is 9.93. The number of benzene rings is 1. The maximum atomic E-state index is 12.4. The first kappa shape index (κ1) is 25.2. The molecule has 1 aliphatic heterocycles. The van der Waals surface area contributed by atoms with E-state index >= 15 is 0 Å². The minimum atomic E-state index is -0.415. The van der Waals surface area contributed by atoms with Gasteiger partial charge in [0.1, 0.15) is 5.76 Å². The largest absolute Gasteiger partial charge is 0.359 e. The highest BCUT2D eigenvalue weighted by molar-refractivity contribution is 5.99. The molecule has 0 aliphatic carbocycles. The van der Waals surface area contributed by atoms with E-state index in [1.807, 2.05) is 32.9 Å². The van der Waals surface area contributed by atoms with Gasteiger partial charge in [0, 0.05) is 74.4 Å². The van der Waals surface area contributed by atoms with Crippen molar-refractivity contribution in [2.75, 3.05) is 55.2 Å². The summed E-state index contributed by atoms with van der Waals surface area (Å²) in [6.07, 6.45) is 3.40. The molecule has 188 valence electrons. The number of nitrogens with one attached hydrogen (secondary N) is 4. The first-order valence-electron chi connectivity index (χ1n) is 12.0. The second kappa shape index (κ2) is 11.7. The summed E-state index contributed by atoms with van der Waals surface area (Å²) in [7, 11) is 0. The third-order valence-electron chi connectivity index (χ3n) is 5.54. The van der Waals surface area contributed by atoms with Crippen LogP contribution in [0.4, 0.5) is 22.2 Å². The van der Waals surface area contributed by atoms with E-state index in [9.17, 15) is 4.79 Å². The highest BCUT2D eigenvalue weighted by atomic mass is 16.5. The first-order chi connectivity index (χ1) is 17.3. The van der Waals surface area contributed by atoms with Crippen LogP contribution >= 0.6 is 0 Å². The van der Waals surface area contributed by atoms with Crippen LogP contribution in [0.3, 0.4) is 0 Å². The van der Waals surface area contributed by atoms with E-state index < -0.39 is 6.03 Å². The molecule has 3 heterocycles. The second-order valence-electron chi connectivity index (χ2n) is 9.55. The van der Waals surface area contributed by atoms with Crippen LogP contribution in [0.25, 0.3) is 0 Å².